The molecule has 2 rings (SSSR count). The van der Waals surface area contributed by atoms with Crippen LogP contribution in [0.1, 0.15) is 25.0 Å². The number of sulfone groups is 1. The predicted molar refractivity (Wildman–Crippen MR) is 118 cm³/mol. The van der Waals surface area contributed by atoms with E-state index in [1.807, 2.05) is 26.0 Å². The maximum Gasteiger partial charge on any atom is 0.175 e. The van der Waals surface area contributed by atoms with Gasteiger partial charge in [0.1, 0.15) is 17.2 Å². The minimum Gasteiger partial charge on any atom is -0.496 e. The molecule has 0 unspecified atom stereocenters. The van der Waals surface area contributed by atoms with Gasteiger partial charge in [0.15, 0.2) is 9.84 Å². The van der Waals surface area contributed by atoms with Crippen LogP contribution < -0.4 is 14.2 Å². The highest BCUT2D eigenvalue weighted by atomic mass is 32.2. The number of ether oxygens (including phenoxy) is 3. The largest absolute Gasteiger partial charge is 0.496 e. The van der Waals surface area contributed by atoms with Gasteiger partial charge in [0.2, 0.25) is 0 Å². The Kier molecular flexibility index (Phi) is 9.48. The van der Waals surface area contributed by atoms with Crippen molar-refractivity contribution >= 4 is 9.84 Å². The smallest absolute Gasteiger partial charge is 0.175 e. The van der Waals surface area contributed by atoms with Crippen LogP contribution in [0, 0.1) is 0 Å². The van der Waals surface area contributed by atoms with E-state index in [0.29, 0.717) is 28.6 Å². The van der Waals surface area contributed by atoms with E-state index in [9.17, 15) is 8.42 Å². The third kappa shape index (κ3) is 7.66. The lowest BCUT2D eigenvalue weighted by molar-refractivity contribution is 0.370. The zero-order valence-electron chi connectivity index (χ0n) is 18.0. The lowest BCUT2D eigenvalue weighted by atomic mass is 10.0. The van der Waals surface area contributed by atoms with Gasteiger partial charge in [-0.2, -0.15) is 0 Å². The topological polar surface area (TPSA) is 61.8 Å². The average Bonchev–Trinajstić information content (AvgIpc) is 2.68. The first-order valence-corrected chi connectivity index (χ1v) is 10.9. The maximum atomic E-state index is 11.5. The van der Waals surface area contributed by atoms with Crippen LogP contribution in [0.2, 0.25) is 0 Å². The van der Waals surface area contributed by atoms with E-state index >= 15 is 0 Å². The van der Waals surface area contributed by atoms with Crippen molar-refractivity contribution in [3.63, 3.8) is 0 Å². The van der Waals surface area contributed by atoms with E-state index in [0.717, 1.165) is 16.7 Å². The summed E-state index contributed by atoms with van der Waals surface area (Å²) in [4.78, 5) is 0.301. The molecule has 0 spiro atoms. The summed E-state index contributed by atoms with van der Waals surface area (Å²) >= 11 is 0. The van der Waals surface area contributed by atoms with Crippen LogP contribution in [-0.4, -0.2) is 36.0 Å². The predicted octanol–water partition coefficient (Wildman–Crippen LogP) is 4.85. The van der Waals surface area contributed by atoms with Crippen LogP contribution in [0.3, 0.4) is 0 Å². The number of rotatable bonds is 7. The first kappa shape index (κ1) is 24.3. The molecule has 5 nitrogen and oxygen atoms in total. The summed E-state index contributed by atoms with van der Waals surface area (Å²) in [6.07, 6.45) is 5.69. The molecule has 0 saturated heterocycles. The van der Waals surface area contributed by atoms with Crippen molar-refractivity contribution < 1.29 is 22.6 Å². The molecule has 0 amide bonds. The molecule has 158 valence electrons. The van der Waals surface area contributed by atoms with E-state index < -0.39 is 9.84 Å². The molecule has 0 aliphatic rings. The van der Waals surface area contributed by atoms with Gasteiger partial charge < -0.3 is 14.2 Å². The van der Waals surface area contributed by atoms with Crippen molar-refractivity contribution in [3.05, 3.63) is 71.8 Å². The van der Waals surface area contributed by atoms with Crippen LogP contribution in [-0.2, 0) is 16.3 Å². The second-order valence-electron chi connectivity index (χ2n) is 6.45. The lowest BCUT2D eigenvalue weighted by Gasteiger charge is -2.15. The zero-order valence-corrected chi connectivity index (χ0v) is 18.8. The molecular formula is C23H30O5S. The third-order valence-corrected chi connectivity index (χ3v) is 5.13. The molecule has 29 heavy (non-hydrogen) atoms. The van der Waals surface area contributed by atoms with Gasteiger partial charge in [-0.15, -0.1) is 0 Å². The van der Waals surface area contributed by atoms with Crippen LogP contribution in [0.4, 0.5) is 0 Å². The zero-order chi connectivity index (χ0) is 22.0. The number of hydrogen-bond acceptors (Lipinski definition) is 5. The lowest BCUT2D eigenvalue weighted by Crippen LogP contribution is -2.00. The molecule has 0 fully saturated rings. The Morgan fingerprint density at radius 3 is 1.83 bits per heavy atom. The second-order valence-corrected chi connectivity index (χ2v) is 8.47. The van der Waals surface area contributed by atoms with Crippen molar-refractivity contribution in [1.29, 1.82) is 0 Å². The molecule has 0 bridgehead atoms. The summed E-state index contributed by atoms with van der Waals surface area (Å²) in [7, 11) is 1.56. The van der Waals surface area contributed by atoms with Gasteiger partial charge in [-0.3, -0.25) is 0 Å². The quantitative estimate of drug-likeness (QED) is 0.602. The fraction of sp³-hybridized carbons (Fsp3) is 0.304. The normalized spacial score (nSPS) is 10.8. The minimum absolute atomic E-state index is 0.301. The first-order valence-electron chi connectivity index (χ1n) is 9.02. The summed E-state index contributed by atoms with van der Waals surface area (Å²) in [5, 5.41) is 0. The molecule has 2 aromatic carbocycles. The molecule has 0 N–H and O–H groups in total. The highest BCUT2D eigenvalue weighted by Gasteiger charge is 2.14. The Bertz CT molecular complexity index is 917. The second kappa shape index (κ2) is 11.3. The number of methoxy groups -OCH3 is 3. The van der Waals surface area contributed by atoms with Crippen LogP contribution in [0.25, 0.3) is 0 Å². The van der Waals surface area contributed by atoms with E-state index in [-0.39, 0.29) is 0 Å². The molecular weight excluding hydrogens is 388 g/mol. The van der Waals surface area contributed by atoms with E-state index in [2.05, 4.69) is 6.58 Å². The molecule has 0 atom stereocenters. The van der Waals surface area contributed by atoms with Crippen LogP contribution in [0.15, 0.2) is 65.6 Å². The van der Waals surface area contributed by atoms with Gasteiger partial charge in [-0.1, -0.05) is 36.4 Å². The van der Waals surface area contributed by atoms with Gasteiger partial charge in [-0.25, -0.2) is 8.42 Å². The summed E-state index contributed by atoms with van der Waals surface area (Å²) in [5.74, 6) is 1.97. The Labute approximate surface area is 174 Å². The van der Waals surface area contributed by atoms with E-state index in [1.165, 1.54) is 6.26 Å². The van der Waals surface area contributed by atoms with Crippen molar-refractivity contribution in [2.24, 2.45) is 0 Å². The first-order chi connectivity index (χ1) is 13.7. The van der Waals surface area contributed by atoms with Gasteiger partial charge in [0.25, 0.3) is 0 Å². The molecule has 0 aliphatic heterocycles. The molecule has 0 aliphatic carbocycles. The van der Waals surface area contributed by atoms with Gasteiger partial charge in [0, 0.05) is 30.4 Å². The molecule has 0 radical (unpaired) electrons. The molecule has 2 aromatic rings. The molecule has 6 heteroatoms. The summed E-state index contributed by atoms with van der Waals surface area (Å²) in [6.45, 7) is 7.61. The molecule has 0 heterocycles. The summed E-state index contributed by atoms with van der Waals surface area (Å²) < 4.78 is 39.1. The summed E-state index contributed by atoms with van der Waals surface area (Å²) in [5.41, 5.74) is 2.94. The Morgan fingerprint density at radius 1 is 1.00 bits per heavy atom. The maximum absolute atomic E-state index is 11.5. The number of benzene rings is 2. The van der Waals surface area contributed by atoms with Crippen LogP contribution >= 0.6 is 0 Å². The highest BCUT2D eigenvalue weighted by Crippen LogP contribution is 2.35. The fourth-order valence-electron chi connectivity index (χ4n) is 2.60. The van der Waals surface area contributed by atoms with Crippen LogP contribution in [0.5, 0.6) is 17.2 Å². The van der Waals surface area contributed by atoms with Gasteiger partial charge in [-0.05, 0) is 31.5 Å². The van der Waals surface area contributed by atoms with Crippen molar-refractivity contribution in [1.82, 2.24) is 0 Å². The molecule has 0 aromatic heterocycles. The SMILES string of the molecule is C=C(C)/C=C\C.COc1cc(OC)c(Cc2ccc(S(C)(=O)=O)cc2)c(OC)c1. The number of hydrogen-bond donors (Lipinski definition) is 0. The standard InChI is InChI=1S/C17H20O5S.C6H10/c1-20-13-10-16(21-2)15(17(11-13)22-3)9-12-5-7-14(8-6-12)23(4,18)19;1-4-5-6(2)3/h5-8,10-11H,9H2,1-4H3;4-5H,2H2,1,3H3/b;5-4-. The fourth-order valence-corrected chi connectivity index (χ4v) is 3.23. The third-order valence-electron chi connectivity index (χ3n) is 4.00. The summed E-state index contributed by atoms with van der Waals surface area (Å²) in [6, 6.07) is 10.4. The van der Waals surface area contributed by atoms with Gasteiger partial charge >= 0.3 is 0 Å². The molecule has 0 saturated carbocycles. The Hall–Kier alpha value is -2.73. The Balaban J connectivity index is 0.000000612. The van der Waals surface area contributed by atoms with Crippen molar-refractivity contribution in [2.45, 2.75) is 25.2 Å². The number of allylic oxidation sites excluding steroid dienone is 3. The highest BCUT2D eigenvalue weighted by molar-refractivity contribution is 7.90. The van der Waals surface area contributed by atoms with Gasteiger partial charge in [0.05, 0.1) is 26.2 Å². The van der Waals surface area contributed by atoms with Crippen molar-refractivity contribution in [3.8, 4) is 17.2 Å². The van der Waals surface area contributed by atoms with E-state index in [4.69, 9.17) is 14.2 Å². The average molecular weight is 419 g/mol. The minimum atomic E-state index is -3.19. The van der Waals surface area contributed by atoms with E-state index in [1.54, 1.807) is 57.7 Å². The Morgan fingerprint density at radius 2 is 1.52 bits per heavy atom. The monoisotopic (exact) mass is 418 g/mol. The van der Waals surface area contributed by atoms with Crippen molar-refractivity contribution in [2.75, 3.05) is 27.6 Å².